The zero-order valence-electron chi connectivity index (χ0n) is 9.14. The van der Waals surface area contributed by atoms with Crippen LogP contribution in [-0.2, 0) is 11.2 Å². The van der Waals surface area contributed by atoms with E-state index < -0.39 is 12.4 Å². The third-order valence-corrected chi connectivity index (χ3v) is 3.50. The van der Waals surface area contributed by atoms with Crippen LogP contribution in [-0.4, -0.2) is 28.7 Å². The molecule has 1 aliphatic heterocycles. The molecule has 0 radical (unpaired) electrons. The highest BCUT2D eigenvalue weighted by Crippen LogP contribution is 2.26. The van der Waals surface area contributed by atoms with Crippen LogP contribution in [0.2, 0.25) is 10.0 Å². The van der Waals surface area contributed by atoms with Crippen LogP contribution in [0.25, 0.3) is 0 Å². The van der Waals surface area contributed by atoms with Crippen molar-refractivity contribution in [2.24, 2.45) is 0 Å². The van der Waals surface area contributed by atoms with E-state index in [-0.39, 0.29) is 6.10 Å². The molecular formula is C12H14Cl2O3. The van der Waals surface area contributed by atoms with Gasteiger partial charge >= 0.3 is 0 Å². The minimum absolute atomic E-state index is 0.119. The normalized spacial score (nSPS) is 28.6. The second kappa shape index (κ2) is 5.55. The molecule has 1 saturated heterocycles. The number of rotatable bonds is 3. The van der Waals surface area contributed by atoms with Crippen molar-refractivity contribution in [1.82, 2.24) is 0 Å². The van der Waals surface area contributed by atoms with Crippen LogP contribution in [0.4, 0.5) is 0 Å². The van der Waals surface area contributed by atoms with Gasteiger partial charge in [-0.3, -0.25) is 0 Å². The Hall–Kier alpha value is -0.320. The number of ether oxygens (including phenoxy) is 1. The fourth-order valence-corrected chi connectivity index (χ4v) is 2.46. The Kier molecular flexibility index (Phi) is 4.28. The Bertz CT molecular complexity index is 387. The van der Waals surface area contributed by atoms with Crippen molar-refractivity contribution in [3.05, 3.63) is 33.8 Å². The van der Waals surface area contributed by atoms with Gasteiger partial charge in [0, 0.05) is 16.5 Å². The van der Waals surface area contributed by atoms with Crippen molar-refractivity contribution >= 4 is 23.2 Å². The molecule has 3 unspecified atom stereocenters. The van der Waals surface area contributed by atoms with E-state index in [1.807, 2.05) is 6.07 Å². The van der Waals surface area contributed by atoms with Crippen molar-refractivity contribution in [2.75, 3.05) is 0 Å². The van der Waals surface area contributed by atoms with Crippen molar-refractivity contribution in [1.29, 1.82) is 0 Å². The number of benzene rings is 1. The van der Waals surface area contributed by atoms with Gasteiger partial charge in [0.15, 0.2) is 6.29 Å². The van der Waals surface area contributed by atoms with Gasteiger partial charge in [0.25, 0.3) is 0 Å². The highest BCUT2D eigenvalue weighted by Gasteiger charge is 2.31. The van der Waals surface area contributed by atoms with E-state index in [1.165, 1.54) is 0 Å². The largest absolute Gasteiger partial charge is 0.388 e. The molecule has 1 heterocycles. The molecule has 2 rings (SSSR count). The topological polar surface area (TPSA) is 49.7 Å². The fraction of sp³-hybridized carbons (Fsp3) is 0.500. The average molecular weight is 277 g/mol. The lowest BCUT2D eigenvalue weighted by atomic mass is 10.0. The molecule has 0 bridgehead atoms. The summed E-state index contributed by atoms with van der Waals surface area (Å²) in [5, 5.41) is 19.8. The third-order valence-electron chi connectivity index (χ3n) is 2.92. The minimum Gasteiger partial charge on any atom is -0.388 e. The van der Waals surface area contributed by atoms with E-state index in [9.17, 15) is 10.2 Å². The van der Waals surface area contributed by atoms with Crippen molar-refractivity contribution in [3.63, 3.8) is 0 Å². The van der Waals surface area contributed by atoms with E-state index in [2.05, 4.69) is 0 Å². The molecule has 94 valence electrons. The lowest BCUT2D eigenvalue weighted by molar-refractivity contribution is -0.127. The molecular weight excluding hydrogens is 263 g/mol. The Morgan fingerprint density at radius 1 is 1.29 bits per heavy atom. The quantitative estimate of drug-likeness (QED) is 0.892. The molecule has 0 spiro atoms. The van der Waals surface area contributed by atoms with E-state index in [4.69, 9.17) is 27.9 Å². The van der Waals surface area contributed by atoms with Crippen LogP contribution >= 0.6 is 23.2 Å². The summed E-state index contributed by atoms with van der Waals surface area (Å²) in [6.07, 6.45) is -0.0322. The maximum Gasteiger partial charge on any atom is 0.181 e. The summed E-state index contributed by atoms with van der Waals surface area (Å²) in [4.78, 5) is 0. The molecule has 17 heavy (non-hydrogen) atoms. The molecule has 1 aliphatic rings. The van der Waals surface area contributed by atoms with Gasteiger partial charge in [-0.15, -0.1) is 0 Å². The zero-order chi connectivity index (χ0) is 12.4. The highest BCUT2D eigenvalue weighted by atomic mass is 35.5. The van der Waals surface area contributed by atoms with Crippen LogP contribution in [0.15, 0.2) is 18.2 Å². The SMILES string of the molecule is OC1CC(CCc2ccc(Cl)cc2Cl)OC1O. The summed E-state index contributed by atoms with van der Waals surface area (Å²) in [7, 11) is 0. The smallest absolute Gasteiger partial charge is 0.181 e. The average Bonchev–Trinajstić information content (AvgIpc) is 2.57. The summed E-state index contributed by atoms with van der Waals surface area (Å²) in [6, 6.07) is 5.38. The molecule has 3 atom stereocenters. The van der Waals surface area contributed by atoms with E-state index in [0.29, 0.717) is 16.5 Å². The van der Waals surface area contributed by atoms with Gasteiger partial charge in [0.1, 0.15) is 6.10 Å². The number of aryl methyl sites for hydroxylation is 1. The van der Waals surface area contributed by atoms with Gasteiger partial charge < -0.3 is 14.9 Å². The van der Waals surface area contributed by atoms with Crippen molar-refractivity contribution < 1.29 is 14.9 Å². The Morgan fingerprint density at radius 3 is 2.65 bits per heavy atom. The first kappa shape index (κ1) is 13.1. The number of hydrogen-bond donors (Lipinski definition) is 2. The third kappa shape index (κ3) is 3.33. The number of aliphatic hydroxyl groups excluding tert-OH is 2. The molecule has 1 aromatic carbocycles. The van der Waals surface area contributed by atoms with E-state index in [0.717, 1.165) is 18.4 Å². The molecule has 2 N–H and O–H groups in total. The molecule has 0 aliphatic carbocycles. The molecule has 0 saturated carbocycles. The summed E-state index contributed by atoms with van der Waals surface area (Å²) in [5.41, 5.74) is 0.996. The Morgan fingerprint density at radius 2 is 2.06 bits per heavy atom. The summed E-state index contributed by atoms with van der Waals surface area (Å²) in [6.45, 7) is 0. The molecule has 3 nitrogen and oxygen atoms in total. The van der Waals surface area contributed by atoms with E-state index >= 15 is 0 Å². The van der Waals surface area contributed by atoms with Gasteiger partial charge in [0.05, 0.1) is 6.10 Å². The first-order valence-corrected chi connectivity index (χ1v) is 6.27. The Labute approximate surface area is 110 Å². The molecule has 5 heteroatoms. The second-order valence-corrected chi connectivity index (χ2v) is 5.07. The fourth-order valence-electron chi connectivity index (χ4n) is 1.96. The number of aliphatic hydroxyl groups is 2. The molecule has 1 aromatic rings. The molecule has 1 fully saturated rings. The van der Waals surface area contributed by atoms with Crippen LogP contribution in [0.3, 0.4) is 0 Å². The van der Waals surface area contributed by atoms with Crippen LogP contribution in [0.1, 0.15) is 18.4 Å². The van der Waals surface area contributed by atoms with Crippen molar-refractivity contribution in [2.45, 2.75) is 37.8 Å². The summed E-state index contributed by atoms with van der Waals surface area (Å²) in [5.74, 6) is 0. The van der Waals surface area contributed by atoms with Crippen LogP contribution < -0.4 is 0 Å². The molecule has 0 amide bonds. The lowest BCUT2D eigenvalue weighted by Crippen LogP contribution is -2.19. The van der Waals surface area contributed by atoms with Gasteiger partial charge in [-0.25, -0.2) is 0 Å². The predicted octanol–water partition coefficient (Wildman–Crippen LogP) is 2.39. The monoisotopic (exact) mass is 276 g/mol. The number of hydrogen-bond acceptors (Lipinski definition) is 3. The van der Waals surface area contributed by atoms with Crippen LogP contribution in [0.5, 0.6) is 0 Å². The highest BCUT2D eigenvalue weighted by molar-refractivity contribution is 6.35. The maximum atomic E-state index is 9.34. The van der Waals surface area contributed by atoms with Gasteiger partial charge in [-0.2, -0.15) is 0 Å². The standard InChI is InChI=1S/C12H14Cl2O3/c13-8-3-1-7(10(14)5-8)2-4-9-6-11(15)12(16)17-9/h1,3,5,9,11-12,15-16H,2,4,6H2. The van der Waals surface area contributed by atoms with Gasteiger partial charge in [-0.1, -0.05) is 29.3 Å². The number of halogens is 2. The van der Waals surface area contributed by atoms with Gasteiger partial charge in [0.2, 0.25) is 0 Å². The first-order valence-electron chi connectivity index (χ1n) is 5.52. The molecule has 0 aromatic heterocycles. The van der Waals surface area contributed by atoms with Gasteiger partial charge in [-0.05, 0) is 30.5 Å². The zero-order valence-corrected chi connectivity index (χ0v) is 10.7. The van der Waals surface area contributed by atoms with Crippen molar-refractivity contribution in [3.8, 4) is 0 Å². The lowest BCUT2D eigenvalue weighted by Gasteiger charge is -2.10. The van der Waals surface area contributed by atoms with E-state index in [1.54, 1.807) is 12.1 Å². The maximum absolute atomic E-state index is 9.34. The predicted molar refractivity (Wildman–Crippen MR) is 66.3 cm³/mol. The van der Waals surface area contributed by atoms with Crippen LogP contribution in [0, 0.1) is 0 Å². The first-order chi connectivity index (χ1) is 8.06. The Balaban J connectivity index is 1.90. The minimum atomic E-state index is -1.05. The summed E-state index contributed by atoms with van der Waals surface area (Å²) >= 11 is 11.9. The summed E-state index contributed by atoms with van der Waals surface area (Å²) < 4.78 is 5.20. The second-order valence-electron chi connectivity index (χ2n) is 4.23.